The molecule has 0 spiro atoms. The van der Waals surface area contributed by atoms with Crippen LogP contribution < -0.4 is 5.32 Å². The van der Waals surface area contributed by atoms with Crippen LogP contribution in [0.15, 0.2) is 0 Å². The summed E-state index contributed by atoms with van der Waals surface area (Å²) >= 11 is 0. The zero-order valence-electron chi connectivity index (χ0n) is 12.8. The van der Waals surface area contributed by atoms with Crippen molar-refractivity contribution in [2.75, 3.05) is 13.6 Å². The van der Waals surface area contributed by atoms with E-state index in [1.165, 1.54) is 83.6 Å². The number of unbranched alkanes of at least 4 members (excludes halogenated alkanes) is 7. The van der Waals surface area contributed by atoms with Gasteiger partial charge in [0.1, 0.15) is 0 Å². The molecule has 0 bridgehead atoms. The summed E-state index contributed by atoms with van der Waals surface area (Å²) in [5.74, 6) is 2.03. The molecule has 0 aromatic rings. The van der Waals surface area contributed by atoms with Crippen molar-refractivity contribution in [2.24, 2.45) is 11.8 Å². The maximum Gasteiger partial charge on any atom is -0.00209 e. The molecule has 0 amide bonds. The van der Waals surface area contributed by atoms with Crippen molar-refractivity contribution in [1.29, 1.82) is 0 Å². The van der Waals surface area contributed by atoms with E-state index in [0.29, 0.717) is 0 Å². The van der Waals surface area contributed by atoms with Crippen LogP contribution >= 0.6 is 0 Å². The van der Waals surface area contributed by atoms with E-state index in [4.69, 9.17) is 0 Å². The molecule has 0 saturated heterocycles. The molecule has 1 heteroatoms. The van der Waals surface area contributed by atoms with Crippen LogP contribution in [0.5, 0.6) is 0 Å². The van der Waals surface area contributed by atoms with Crippen LogP contribution in [0.4, 0.5) is 0 Å². The van der Waals surface area contributed by atoms with Gasteiger partial charge in [0.15, 0.2) is 0 Å². The van der Waals surface area contributed by atoms with Crippen LogP contribution in [-0.4, -0.2) is 13.6 Å². The van der Waals surface area contributed by atoms with Gasteiger partial charge in [0.2, 0.25) is 0 Å². The molecule has 2 unspecified atom stereocenters. The number of hydrogen-bond acceptors (Lipinski definition) is 1. The smallest absolute Gasteiger partial charge is 0.00209 e. The molecule has 1 aliphatic carbocycles. The first-order valence-electron chi connectivity index (χ1n) is 8.53. The molecule has 0 aromatic heterocycles. The van der Waals surface area contributed by atoms with Crippen molar-refractivity contribution in [3.63, 3.8) is 0 Å². The van der Waals surface area contributed by atoms with Gasteiger partial charge >= 0.3 is 0 Å². The summed E-state index contributed by atoms with van der Waals surface area (Å²) in [4.78, 5) is 0. The fraction of sp³-hybridized carbons (Fsp3) is 1.00. The van der Waals surface area contributed by atoms with Crippen molar-refractivity contribution >= 4 is 0 Å². The highest BCUT2D eigenvalue weighted by Crippen LogP contribution is 2.34. The molecule has 108 valence electrons. The predicted molar refractivity (Wildman–Crippen MR) is 82.0 cm³/mol. The van der Waals surface area contributed by atoms with E-state index in [9.17, 15) is 0 Å². The number of hydrogen-bond donors (Lipinski definition) is 1. The Kier molecular flexibility index (Phi) is 9.65. The van der Waals surface area contributed by atoms with Crippen LogP contribution in [0.25, 0.3) is 0 Å². The summed E-state index contributed by atoms with van der Waals surface area (Å²) < 4.78 is 0. The van der Waals surface area contributed by atoms with Gasteiger partial charge in [0.05, 0.1) is 0 Å². The van der Waals surface area contributed by atoms with Gasteiger partial charge in [0.25, 0.3) is 0 Å². The van der Waals surface area contributed by atoms with E-state index < -0.39 is 0 Å². The standard InChI is InChI=1S/C17H35N/c1-3-4-5-6-7-8-9-10-12-16-13-11-14-17(16)15-18-2/h16-18H,3-15H2,1-2H3. The Balaban J connectivity index is 1.91. The fourth-order valence-corrected chi connectivity index (χ4v) is 3.57. The van der Waals surface area contributed by atoms with E-state index in [0.717, 1.165) is 11.8 Å². The summed E-state index contributed by atoms with van der Waals surface area (Å²) in [5, 5.41) is 3.37. The zero-order valence-corrected chi connectivity index (χ0v) is 12.8. The highest BCUT2D eigenvalue weighted by molar-refractivity contribution is 4.78. The van der Waals surface area contributed by atoms with E-state index in [1.54, 1.807) is 0 Å². The second-order valence-electron chi connectivity index (χ2n) is 6.27. The molecule has 0 radical (unpaired) electrons. The zero-order chi connectivity index (χ0) is 13.1. The molecule has 1 saturated carbocycles. The molecule has 2 atom stereocenters. The van der Waals surface area contributed by atoms with Gasteiger partial charge in [0, 0.05) is 0 Å². The summed E-state index contributed by atoms with van der Waals surface area (Å²) in [6, 6.07) is 0. The van der Waals surface area contributed by atoms with Gasteiger partial charge in [-0.25, -0.2) is 0 Å². The van der Waals surface area contributed by atoms with Crippen LogP contribution in [-0.2, 0) is 0 Å². The minimum atomic E-state index is 0.986. The van der Waals surface area contributed by atoms with Gasteiger partial charge in [-0.15, -0.1) is 0 Å². The van der Waals surface area contributed by atoms with Gasteiger partial charge in [-0.1, -0.05) is 77.6 Å². The first kappa shape index (κ1) is 16.0. The Labute approximate surface area is 115 Å². The minimum Gasteiger partial charge on any atom is -0.319 e. The Bertz CT molecular complexity index is 178. The first-order chi connectivity index (χ1) is 8.88. The first-order valence-corrected chi connectivity index (χ1v) is 8.53. The summed E-state index contributed by atoms with van der Waals surface area (Å²) in [5.41, 5.74) is 0. The summed E-state index contributed by atoms with van der Waals surface area (Å²) in [7, 11) is 2.10. The van der Waals surface area contributed by atoms with Crippen molar-refractivity contribution in [1.82, 2.24) is 5.32 Å². The van der Waals surface area contributed by atoms with E-state index in [2.05, 4.69) is 19.3 Å². The molecule has 1 nitrogen and oxygen atoms in total. The molecule has 1 fully saturated rings. The van der Waals surface area contributed by atoms with Crippen LogP contribution in [0.2, 0.25) is 0 Å². The largest absolute Gasteiger partial charge is 0.319 e. The van der Waals surface area contributed by atoms with E-state index >= 15 is 0 Å². The summed E-state index contributed by atoms with van der Waals surface area (Å²) in [6.07, 6.45) is 17.6. The Morgan fingerprint density at radius 2 is 1.44 bits per heavy atom. The lowest BCUT2D eigenvalue weighted by Gasteiger charge is -2.19. The lowest BCUT2D eigenvalue weighted by molar-refractivity contribution is 0.342. The molecule has 1 rings (SSSR count). The van der Waals surface area contributed by atoms with Crippen LogP contribution in [0.1, 0.15) is 84.0 Å². The Hall–Kier alpha value is -0.0400. The maximum absolute atomic E-state index is 3.37. The van der Waals surface area contributed by atoms with E-state index in [-0.39, 0.29) is 0 Å². The third kappa shape index (κ3) is 6.78. The van der Waals surface area contributed by atoms with Gasteiger partial charge in [-0.3, -0.25) is 0 Å². The monoisotopic (exact) mass is 253 g/mol. The SMILES string of the molecule is CCCCCCCCCCC1CCCC1CNC. The number of rotatable bonds is 11. The third-order valence-electron chi connectivity index (χ3n) is 4.71. The fourth-order valence-electron chi connectivity index (χ4n) is 3.57. The lowest BCUT2D eigenvalue weighted by atomic mass is 9.90. The highest BCUT2D eigenvalue weighted by atomic mass is 14.8. The molecule has 1 aliphatic rings. The topological polar surface area (TPSA) is 12.0 Å². The Morgan fingerprint density at radius 1 is 0.833 bits per heavy atom. The molecule has 18 heavy (non-hydrogen) atoms. The van der Waals surface area contributed by atoms with Crippen molar-refractivity contribution in [3.8, 4) is 0 Å². The molecule has 0 heterocycles. The molecular weight excluding hydrogens is 218 g/mol. The highest BCUT2D eigenvalue weighted by Gasteiger charge is 2.25. The molecule has 1 N–H and O–H groups in total. The van der Waals surface area contributed by atoms with Crippen LogP contribution in [0, 0.1) is 11.8 Å². The normalized spacial score (nSPS) is 23.7. The second-order valence-corrected chi connectivity index (χ2v) is 6.27. The Morgan fingerprint density at radius 3 is 2.11 bits per heavy atom. The number of nitrogens with one attached hydrogen (secondary N) is 1. The quantitative estimate of drug-likeness (QED) is 0.502. The van der Waals surface area contributed by atoms with Crippen molar-refractivity contribution in [2.45, 2.75) is 84.0 Å². The van der Waals surface area contributed by atoms with Gasteiger partial charge in [-0.2, -0.15) is 0 Å². The van der Waals surface area contributed by atoms with Crippen molar-refractivity contribution < 1.29 is 0 Å². The van der Waals surface area contributed by atoms with Crippen molar-refractivity contribution in [3.05, 3.63) is 0 Å². The predicted octanol–water partition coefficient (Wildman–Crippen LogP) is 5.15. The molecule has 0 aliphatic heterocycles. The second kappa shape index (κ2) is 10.8. The van der Waals surface area contributed by atoms with Gasteiger partial charge in [-0.05, 0) is 31.8 Å². The lowest BCUT2D eigenvalue weighted by Crippen LogP contribution is -2.21. The molecular formula is C17H35N. The summed E-state index contributed by atoms with van der Waals surface area (Å²) in [6.45, 7) is 3.55. The maximum atomic E-state index is 3.37. The minimum absolute atomic E-state index is 0.986. The molecule has 0 aromatic carbocycles. The third-order valence-corrected chi connectivity index (χ3v) is 4.71. The average Bonchev–Trinajstić information content (AvgIpc) is 2.81. The van der Waals surface area contributed by atoms with Crippen LogP contribution in [0.3, 0.4) is 0 Å². The van der Waals surface area contributed by atoms with Gasteiger partial charge < -0.3 is 5.32 Å². The van der Waals surface area contributed by atoms with E-state index in [1.807, 2.05) is 0 Å². The average molecular weight is 253 g/mol.